The van der Waals surface area contributed by atoms with Crippen molar-refractivity contribution in [1.29, 1.82) is 0 Å². The maximum Gasteiger partial charge on any atom is 0.306 e. The van der Waals surface area contributed by atoms with Gasteiger partial charge in [0, 0.05) is 19.3 Å². The van der Waals surface area contributed by atoms with Gasteiger partial charge in [-0.05, 0) is 31.1 Å². The van der Waals surface area contributed by atoms with Crippen LogP contribution < -0.4 is 0 Å². The molecule has 0 radical (unpaired) electrons. The Bertz CT molecular complexity index is 947. The van der Waals surface area contributed by atoms with E-state index in [0.717, 1.165) is 69.6 Å². The molecule has 0 saturated carbocycles. The number of carbonyl (C=O) groups excluding carboxylic acids is 3. The number of carbonyl (C=O) groups is 3. The molecular formula is C56H108O6. The maximum atomic E-state index is 12.8. The van der Waals surface area contributed by atoms with E-state index in [0.29, 0.717) is 19.3 Å². The van der Waals surface area contributed by atoms with Crippen LogP contribution in [0.2, 0.25) is 0 Å². The Morgan fingerprint density at radius 2 is 0.532 bits per heavy atom. The fourth-order valence-corrected chi connectivity index (χ4v) is 8.52. The number of unbranched alkanes of at least 4 members (excludes halogenated alkanes) is 35. The van der Waals surface area contributed by atoms with Crippen molar-refractivity contribution in [1.82, 2.24) is 0 Å². The lowest BCUT2D eigenvalue weighted by Crippen LogP contribution is -2.30. The molecule has 0 saturated heterocycles. The van der Waals surface area contributed by atoms with E-state index in [2.05, 4.69) is 34.6 Å². The van der Waals surface area contributed by atoms with Crippen molar-refractivity contribution in [2.75, 3.05) is 13.2 Å². The van der Waals surface area contributed by atoms with Crippen LogP contribution in [0.3, 0.4) is 0 Å². The molecule has 6 heteroatoms. The van der Waals surface area contributed by atoms with E-state index < -0.39 is 6.10 Å². The second kappa shape index (κ2) is 48.9. The Balaban J connectivity index is 4.26. The highest BCUT2D eigenvalue weighted by atomic mass is 16.6. The highest BCUT2D eigenvalue weighted by molar-refractivity contribution is 5.71. The minimum Gasteiger partial charge on any atom is -0.462 e. The van der Waals surface area contributed by atoms with Crippen molar-refractivity contribution < 1.29 is 28.6 Å². The number of rotatable bonds is 50. The van der Waals surface area contributed by atoms with Gasteiger partial charge in [0.15, 0.2) is 6.10 Å². The SMILES string of the molecule is CCCCCCCCCCCCC(=O)OC[C@H](COC(=O)CCCCCCCCCCCCCCCCC(C)C)OC(=O)CCCCCCCCCCCCCCCCC(C)C. The standard InChI is InChI=1S/C56H108O6/c1-6-7-8-9-10-11-26-31-36-41-46-54(57)60-49-53(62-56(59)48-43-38-33-28-23-19-15-13-17-21-25-30-35-40-45-52(4)5)50-61-55(58)47-42-37-32-27-22-18-14-12-16-20-24-29-34-39-44-51(2)3/h51-53H,6-50H2,1-5H3/t53-/m1/s1. The first-order valence-electron chi connectivity index (χ1n) is 27.7. The second-order valence-electron chi connectivity index (χ2n) is 20.2. The Kier molecular flexibility index (Phi) is 47.6. The summed E-state index contributed by atoms with van der Waals surface area (Å²) < 4.78 is 16.8. The number of hydrogen-bond donors (Lipinski definition) is 0. The van der Waals surface area contributed by atoms with Gasteiger partial charge in [-0.2, -0.15) is 0 Å². The minimum atomic E-state index is -0.761. The average molecular weight is 877 g/mol. The van der Waals surface area contributed by atoms with Crippen molar-refractivity contribution in [3.8, 4) is 0 Å². The van der Waals surface area contributed by atoms with Crippen molar-refractivity contribution in [2.45, 2.75) is 317 Å². The maximum absolute atomic E-state index is 12.8. The summed E-state index contributed by atoms with van der Waals surface area (Å²) in [6.45, 7) is 11.4. The van der Waals surface area contributed by atoms with Gasteiger partial charge in [0.1, 0.15) is 13.2 Å². The van der Waals surface area contributed by atoms with Crippen LogP contribution in [-0.4, -0.2) is 37.2 Å². The van der Waals surface area contributed by atoms with Crippen molar-refractivity contribution in [3.63, 3.8) is 0 Å². The first-order chi connectivity index (χ1) is 30.2. The number of hydrogen-bond acceptors (Lipinski definition) is 6. The van der Waals surface area contributed by atoms with Crippen LogP contribution in [-0.2, 0) is 28.6 Å². The first kappa shape index (κ1) is 60.4. The van der Waals surface area contributed by atoms with Crippen LogP contribution in [0.15, 0.2) is 0 Å². The minimum absolute atomic E-state index is 0.0630. The van der Waals surface area contributed by atoms with E-state index in [9.17, 15) is 14.4 Å². The van der Waals surface area contributed by atoms with Crippen LogP contribution in [0.4, 0.5) is 0 Å². The summed E-state index contributed by atoms with van der Waals surface area (Å²) in [5.41, 5.74) is 0. The van der Waals surface area contributed by atoms with Crippen LogP contribution >= 0.6 is 0 Å². The van der Waals surface area contributed by atoms with Gasteiger partial charge in [0.05, 0.1) is 0 Å². The fourth-order valence-electron chi connectivity index (χ4n) is 8.52. The molecule has 0 aromatic carbocycles. The molecule has 0 aliphatic rings. The molecule has 0 aliphatic carbocycles. The molecule has 0 amide bonds. The lowest BCUT2D eigenvalue weighted by Gasteiger charge is -2.18. The molecule has 0 aliphatic heterocycles. The summed E-state index contributed by atoms with van der Waals surface area (Å²) in [6.07, 6.45) is 50.9. The van der Waals surface area contributed by atoms with Crippen LogP contribution in [0.5, 0.6) is 0 Å². The van der Waals surface area contributed by atoms with Gasteiger partial charge in [0.25, 0.3) is 0 Å². The van der Waals surface area contributed by atoms with Gasteiger partial charge in [-0.15, -0.1) is 0 Å². The molecule has 1 atom stereocenters. The zero-order chi connectivity index (χ0) is 45.4. The van der Waals surface area contributed by atoms with Gasteiger partial charge in [-0.3, -0.25) is 14.4 Å². The molecule has 0 bridgehead atoms. The Morgan fingerprint density at radius 1 is 0.306 bits per heavy atom. The third-order valence-corrected chi connectivity index (χ3v) is 12.7. The summed E-state index contributed by atoms with van der Waals surface area (Å²) in [5, 5.41) is 0. The van der Waals surface area contributed by atoms with E-state index >= 15 is 0 Å². The first-order valence-corrected chi connectivity index (χ1v) is 27.7. The van der Waals surface area contributed by atoms with Crippen LogP contribution in [0.1, 0.15) is 311 Å². The fraction of sp³-hybridized carbons (Fsp3) is 0.946. The predicted molar refractivity (Wildman–Crippen MR) is 266 cm³/mol. The van der Waals surface area contributed by atoms with Crippen LogP contribution in [0.25, 0.3) is 0 Å². The molecule has 0 fully saturated rings. The molecule has 0 spiro atoms. The van der Waals surface area contributed by atoms with Gasteiger partial charge in [-0.1, -0.05) is 272 Å². The summed E-state index contributed by atoms with van der Waals surface area (Å²) >= 11 is 0. The predicted octanol–water partition coefficient (Wildman–Crippen LogP) is 18.1. The highest BCUT2D eigenvalue weighted by Crippen LogP contribution is 2.18. The third-order valence-electron chi connectivity index (χ3n) is 12.7. The molecule has 0 heterocycles. The number of esters is 3. The topological polar surface area (TPSA) is 78.9 Å². The monoisotopic (exact) mass is 877 g/mol. The van der Waals surface area contributed by atoms with Crippen LogP contribution in [0, 0.1) is 11.8 Å². The molecule has 368 valence electrons. The molecule has 0 rings (SSSR count). The van der Waals surface area contributed by atoms with E-state index in [4.69, 9.17) is 14.2 Å². The van der Waals surface area contributed by atoms with E-state index in [1.165, 1.54) is 199 Å². The Labute approximate surface area is 387 Å². The Morgan fingerprint density at radius 3 is 0.790 bits per heavy atom. The molecule has 0 aromatic heterocycles. The van der Waals surface area contributed by atoms with Gasteiger partial charge >= 0.3 is 17.9 Å². The third kappa shape index (κ3) is 49.4. The zero-order valence-electron chi connectivity index (χ0n) is 42.5. The average Bonchev–Trinajstić information content (AvgIpc) is 3.24. The van der Waals surface area contributed by atoms with Gasteiger partial charge in [0.2, 0.25) is 0 Å². The molecule has 0 N–H and O–H groups in total. The van der Waals surface area contributed by atoms with Crippen molar-refractivity contribution in [3.05, 3.63) is 0 Å². The Hall–Kier alpha value is -1.59. The highest BCUT2D eigenvalue weighted by Gasteiger charge is 2.19. The smallest absolute Gasteiger partial charge is 0.306 e. The summed E-state index contributed by atoms with van der Waals surface area (Å²) in [4.78, 5) is 38.0. The lowest BCUT2D eigenvalue weighted by atomic mass is 10.0. The lowest BCUT2D eigenvalue weighted by molar-refractivity contribution is -0.167. The summed E-state index contributed by atoms with van der Waals surface area (Å²) in [5.74, 6) is 0.845. The zero-order valence-corrected chi connectivity index (χ0v) is 42.5. The molecule has 6 nitrogen and oxygen atoms in total. The molecule has 0 aromatic rings. The summed E-state index contributed by atoms with van der Waals surface area (Å²) in [6, 6.07) is 0. The second-order valence-corrected chi connectivity index (χ2v) is 20.2. The van der Waals surface area contributed by atoms with E-state index in [-0.39, 0.29) is 31.1 Å². The van der Waals surface area contributed by atoms with Gasteiger partial charge < -0.3 is 14.2 Å². The molecular weight excluding hydrogens is 769 g/mol. The van der Waals surface area contributed by atoms with Crippen molar-refractivity contribution in [2.24, 2.45) is 11.8 Å². The van der Waals surface area contributed by atoms with E-state index in [1.807, 2.05) is 0 Å². The quantitative estimate of drug-likeness (QED) is 0.0344. The largest absolute Gasteiger partial charge is 0.462 e. The number of ether oxygens (including phenoxy) is 3. The molecule has 62 heavy (non-hydrogen) atoms. The summed E-state index contributed by atoms with van der Waals surface area (Å²) in [7, 11) is 0. The normalized spacial score (nSPS) is 12.0. The van der Waals surface area contributed by atoms with E-state index in [1.54, 1.807) is 0 Å². The van der Waals surface area contributed by atoms with Gasteiger partial charge in [-0.25, -0.2) is 0 Å². The molecule has 0 unspecified atom stereocenters. The van der Waals surface area contributed by atoms with Crippen molar-refractivity contribution >= 4 is 17.9 Å².